The molecular formula is C21H29FN4O2S. The van der Waals surface area contributed by atoms with Crippen LogP contribution in [0.15, 0.2) is 58.4 Å². The molecule has 0 aromatic heterocycles. The van der Waals surface area contributed by atoms with Crippen LogP contribution in [0.2, 0.25) is 0 Å². The first-order valence-electron chi connectivity index (χ1n) is 9.48. The highest BCUT2D eigenvalue weighted by molar-refractivity contribution is 7.89. The lowest BCUT2D eigenvalue weighted by Gasteiger charge is -2.27. The first-order chi connectivity index (χ1) is 13.7. The van der Waals surface area contributed by atoms with Gasteiger partial charge in [-0.3, -0.25) is 0 Å². The van der Waals surface area contributed by atoms with E-state index in [9.17, 15) is 12.8 Å². The number of benzene rings is 2. The Morgan fingerprint density at radius 3 is 2.38 bits per heavy atom. The minimum absolute atomic E-state index is 0.217. The van der Waals surface area contributed by atoms with Gasteiger partial charge in [-0.25, -0.2) is 22.5 Å². The Morgan fingerprint density at radius 1 is 1.10 bits per heavy atom. The molecule has 6 nitrogen and oxygen atoms in total. The topological polar surface area (TPSA) is 82.6 Å². The molecule has 0 spiro atoms. The third kappa shape index (κ3) is 6.54. The van der Waals surface area contributed by atoms with E-state index in [1.165, 1.54) is 13.1 Å². The van der Waals surface area contributed by atoms with E-state index in [0.717, 1.165) is 11.1 Å². The fourth-order valence-electron chi connectivity index (χ4n) is 2.72. The summed E-state index contributed by atoms with van der Waals surface area (Å²) in [4.78, 5) is 4.78. The zero-order valence-corrected chi connectivity index (χ0v) is 18.1. The number of nitrogens with zero attached hydrogens (tertiary/aromatic N) is 1. The predicted molar refractivity (Wildman–Crippen MR) is 115 cm³/mol. The highest BCUT2D eigenvalue weighted by atomic mass is 32.2. The van der Waals surface area contributed by atoms with Crippen LogP contribution < -0.4 is 15.4 Å². The summed E-state index contributed by atoms with van der Waals surface area (Å²) in [5, 5.41) is 6.50. The minimum atomic E-state index is -3.45. The van der Waals surface area contributed by atoms with Crippen molar-refractivity contribution in [1.29, 1.82) is 0 Å². The van der Waals surface area contributed by atoms with Crippen LogP contribution in [0.25, 0.3) is 0 Å². The van der Waals surface area contributed by atoms with Crippen molar-refractivity contribution < 1.29 is 12.8 Å². The Balaban J connectivity index is 2.06. The maximum Gasteiger partial charge on any atom is 0.240 e. The number of guanidine groups is 1. The van der Waals surface area contributed by atoms with Crippen LogP contribution in [-0.4, -0.2) is 34.5 Å². The van der Waals surface area contributed by atoms with E-state index < -0.39 is 10.0 Å². The number of sulfonamides is 1. The second-order valence-corrected chi connectivity index (χ2v) is 9.18. The van der Waals surface area contributed by atoms with Crippen molar-refractivity contribution in [1.82, 2.24) is 15.4 Å². The Hall–Kier alpha value is -2.45. The number of hydrogen-bond donors (Lipinski definition) is 3. The lowest BCUT2D eigenvalue weighted by atomic mass is 9.84. The van der Waals surface area contributed by atoms with Crippen LogP contribution in [0.5, 0.6) is 0 Å². The molecule has 8 heteroatoms. The second kappa shape index (κ2) is 9.84. The molecule has 2 aromatic rings. The second-order valence-electron chi connectivity index (χ2n) is 7.29. The van der Waals surface area contributed by atoms with Gasteiger partial charge in [0, 0.05) is 18.5 Å². The lowest BCUT2D eigenvalue weighted by Crippen LogP contribution is -2.43. The van der Waals surface area contributed by atoms with E-state index in [0.29, 0.717) is 25.6 Å². The van der Waals surface area contributed by atoms with Crippen LogP contribution in [0, 0.1) is 5.82 Å². The Labute approximate surface area is 172 Å². The Bertz CT molecular complexity index is 941. The number of halogens is 1. The van der Waals surface area contributed by atoms with Crippen LogP contribution in [-0.2, 0) is 22.0 Å². The number of aliphatic imine (C=N–C) groups is 1. The molecule has 0 radical (unpaired) electrons. The van der Waals surface area contributed by atoms with E-state index >= 15 is 0 Å². The summed E-state index contributed by atoms with van der Waals surface area (Å²) >= 11 is 0. The highest BCUT2D eigenvalue weighted by Gasteiger charge is 2.21. The average molecular weight is 421 g/mol. The maximum absolute atomic E-state index is 13.6. The molecule has 0 aliphatic heterocycles. The molecule has 158 valence electrons. The lowest BCUT2D eigenvalue weighted by molar-refractivity contribution is 0.503. The Morgan fingerprint density at radius 2 is 1.79 bits per heavy atom. The third-order valence-electron chi connectivity index (χ3n) is 4.57. The largest absolute Gasteiger partial charge is 0.357 e. The molecule has 0 aliphatic carbocycles. The first kappa shape index (κ1) is 22.8. The zero-order valence-electron chi connectivity index (χ0n) is 17.3. The van der Waals surface area contributed by atoms with Crippen LogP contribution in [0.3, 0.4) is 0 Å². The molecule has 0 amide bonds. The number of rotatable bonds is 8. The molecule has 0 saturated carbocycles. The summed E-state index contributed by atoms with van der Waals surface area (Å²) in [5.41, 5.74) is 1.50. The average Bonchev–Trinajstić information content (AvgIpc) is 2.70. The highest BCUT2D eigenvalue weighted by Crippen LogP contribution is 2.22. The van der Waals surface area contributed by atoms with Gasteiger partial charge >= 0.3 is 0 Å². The molecular weight excluding hydrogens is 391 g/mol. The third-order valence-corrected chi connectivity index (χ3v) is 6.00. The van der Waals surface area contributed by atoms with Gasteiger partial charge in [-0.15, -0.1) is 0 Å². The van der Waals surface area contributed by atoms with Gasteiger partial charge in [-0.1, -0.05) is 38.1 Å². The van der Waals surface area contributed by atoms with E-state index in [-0.39, 0.29) is 16.1 Å². The number of hydrogen-bond acceptors (Lipinski definition) is 3. The van der Waals surface area contributed by atoms with Gasteiger partial charge in [-0.2, -0.15) is 0 Å². The van der Waals surface area contributed by atoms with Gasteiger partial charge in [0.05, 0.1) is 11.4 Å². The smallest absolute Gasteiger partial charge is 0.240 e. The number of nitrogens with one attached hydrogen (secondary N) is 3. The van der Waals surface area contributed by atoms with Crippen LogP contribution >= 0.6 is 0 Å². The standard InChI is InChI=1S/C21H29FN4O2S/c1-5-24-20(26-15-21(2,3)17-7-6-8-18(22)13-17)25-14-16-9-11-19(12-10-16)29(27,28)23-4/h6-13,23H,5,14-15H2,1-4H3,(H2,24,25,26). The van der Waals surface area contributed by atoms with Gasteiger partial charge < -0.3 is 10.6 Å². The Kier molecular flexibility index (Phi) is 7.75. The zero-order chi connectivity index (χ0) is 21.5. The SMILES string of the molecule is CCNC(=NCc1ccc(S(=O)(=O)NC)cc1)NCC(C)(C)c1cccc(F)c1. The fourth-order valence-corrected chi connectivity index (χ4v) is 3.45. The summed E-state index contributed by atoms with van der Waals surface area (Å²) in [6.45, 7) is 7.73. The van der Waals surface area contributed by atoms with E-state index in [1.807, 2.05) is 26.8 Å². The van der Waals surface area contributed by atoms with Crippen molar-refractivity contribution in [3.8, 4) is 0 Å². The normalized spacial score (nSPS) is 12.7. The van der Waals surface area contributed by atoms with Crippen molar-refractivity contribution in [2.24, 2.45) is 4.99 Å². The van der Waals surface area contributed by atoms with Gasteiger partial charge in [0.2, 0.25) is 10.0 Å². The molecule has 0 bridgehead atoms. The van der Waals surface area contributed by atoms with Crippen molar-refractivity contribution in [2.45, 2.75) is 37.6 Å². The first-order valence-corrected chi connectivity index (χ1v) is 11.0. The minimum Gasteiger partial charge on any atom is -0.357 e. The molecule has 0 unspecified atom stereocenters. The molecule has 0 aliphatic rings. The predicted octanol–water partition coefficient (Wildman–Crippen LogP) is 2.77. The van der Waals surface area contributed by atoms with Gasteiger partial charge in [-0.05, 0) is 49.4 Å². The molecule has 3 N–H and O–H groups in total. The summed E-state index contributed by atoms with van der Waals surface area (Å²) in [6, 6.07) is 13.2. The van der Waals surface area contributed by atoms with Crippen molar-refractivity contribution in [3.63, 3.8) is 0 Å². The van der Waals surface area contributed by atoms with E-state index in [2.05, 4.69) is 20.3 Å². The van der Waals surface area contributed by atoms with Crippen LogP contribution in [0.4, 0.5) is 4.39 Å². The molecule has 2 aromatic carbocycles. The summed E-state index contributed by atoms with van der Waals surface area (Å²) < 4.78 is 39.4. The van der Waals surface area contributed by atoms with E-state index in [1.54, 1.807) is 36.4 Å². The summed E-state index contributed by atoms with van der Waals surface area (Å²) in [7, 11) is -2.06. The van der Waals surface area contributed by atoms with Crippen LogP contribution in [0.1, 0.15) is 31.9 Å². The molecule has 0 fully saturated rings. The molecule has 29 heavy (non-hydrogen) atoms. The maximum atomic E-state index is 13.6. The molecule has 0 atom stereocenters. The van der Waals surface area contributed by atoms with Gasteiger partial charge in [0.15, 0.2) is 5.96 Å². The van der Waals surface area contributed by atoms with E-state index in [4.69, 9.17) is 0 Å². The van der Waals surface area contributed by atoms with Gasteiger partial charge in [0.25, 0.3) is 0 Å². The molecule has 0 heterocycles. The van der Waals surface area contributed by atoms with Crippen molar-refractivity contribution in [3.05, 3.63) is 65.5 Å². The fraction of sp³-hybridized carbons (Fsp3) is 0.381. The molecule has 0 saturated heterocycles. The quantitative estimate of drug-likeness (QED) is 0.453. The van der Waals surface area contributed by atoms with Gasteiger partial charge in [0.1, 0.15) is 5.82 Å². The summed E-state index contributed by atoms with van der Waals surface area (Å²) in [6.07, 6.45) is 0. The monoisotopic (exact) mass is 420 g/mol. The van der Waals surface area contributed by atoms with Crippen molar-refractivity contribution in [2.75, 3.05) is 20.1 Å². The molecule has 2 rings (SSSR count). The summed E-state index contributed by atoms with van der Waals surface area (Å²) in [5.74, 6) is 0.392. The van der Waals surface area contributed by atoms with Crippen molar-refractivity contribution >= 4 is 16.0 Å².